The van der Waals surface area contributed by atoms with Gasteiger partial charge in [-0.3, -0.25) is 0 Å². The minimum atomic E-state index is 0.949. The Morgan fingerprint density at radius 3 is 3.00 bits per heavy atom. The highest BCUT2D eigenvalue weighted by atomic mass is 32.1. The maximum Gasteiger partial charge on any atom is 0.0983 e. The van der Waals surface area contributed by atoms with E-state index in [4.69, 9.17) is 0 Å². The lowest BCUT2D eigenvalue weighted by Crippen LogP contribution is -2.11. The van der Waals surface area contributed by atoms with Gasteiger partial charge in [-0.05, 0) is 24.9 Å². The Balaban J connectivity index is 2.05. The predicted octanol–water partition coefficient (Wildman–Crippen LogP) is 3.21. The smallest absolute Gasteiger partial charge is 0.0983 e. The van der Waals surface area contributed by atoms with Crippen molar-refractivity contribution < 1.29 is 0 Å². The molecule has 0 aliphatic rings. The first kappa shape index (κ1) is 11.8. The van der Waals surface area contributed by atoms with Gasteiger partial charge in [-0.15, -0.1) is 22.7 Å². The van der Waals surface area contributed by atoms with Crippen molar-refractivity contribution in [3.05, 3.63) is 38.0 Å². The molecule has 0 saturated carbocycles. The van der Waals surface area contributed by atoms with Gasteiger partial charge in [-0.1, -0.05) is 13.0 Å². The number of hydrogen-bond acceptors (Lipinski definition) is 4. The maximum absolute atomic E-state index is 4.62. The van der Waals surface area contributed by atoms with Crippen molar-refractivity contribution in [1.82, 2.24) is 10.3 Å². The summed E-state index contributed by atoms with van der Waals surface area (Å²) in [5, 5.41) is 6.70. The van der Waals surface area contributed by atoms with Crippen LogP contribution in [-0.4, -0.2) is 11.5 Å². The molecule has 2 nitrogen and oxygen atoms in total. The molecule has 16 heavy (non-hydrogen) atoms. The Bertz CT molecular complexity index is 432. The number of nitrogens with zero attached hydrogens (tertiary/aromatic N) is 1. The zero-order chi connectivity index (χ0) is 11.4. The zero-order valence-electron chi connectivity index (χ0n) is 9.62. The highest BCUT2D eigenvalue weighted by Crippen LogP contribution is 2.22. The van der Waals surface area contributed by atoms with E-state index in [-0.39, 0.29) is 0 Å². The molecule has 2 aromatic heterocycles. The number of thiazole rings is 1. The highest BCUT2D eigenvalue weighted by molar-refractivity contribution is 7.12. The van der Waals surface area contributed by atoms with Gasteiger partial charge in [0.2, 0.25) is 0 Å². The van der Waals surface area contributed by atoms with Gasteiger partial charge in [0.15, 0.2) is 0 Å². The van der Waals surface area contributed by atoms with Crippen molar-refractivity contribution in [2.24, 2.45) is 0 Å². The molecule has 4 heteroatoms. The Kier molecular flexibility index (Phi) is 4.09. The Morgan fingerprint density at radius 1 is 1.44 bits per heavy atom. The molecule has 0 aromatic carbocycles. The molecule has 0 spiro atoms. The molecule has 1 N–H and O–H groups in total. The number of aryl methyl sites for hydroxylation is 1. The summed E-state index contributed by atoms with van der Waals surface area (Å²) in [6, 6.07) is 4.27. The summed E-state index contributed by atoms with van der Waals surface area (Å²) in [6.45, 7) is 6.19. The average Bonchev–Trinajstić information content (AvgIpc) is 2.86. The molecule has 2 heterocycles. The molecule has 0 amide bonds. The fourth-order valence-corrected chi connectivity index (χ4v) is 3.39. The highest BCUT2D eigenvalue weighted by Gasteiger charge is 2.07. The third-order valence-corrected chi connectivity index (χ3v) is 4.41. The molecule has 0 aliphatic heterocycles. The summed E-state index contributed by atoms with van der Waals surface area (Å²) in [5.74, 6) is 0. The van der Waals surface area contributed by atoms with Crippen LogP contribution in [0.15, 0.2) is 17.5 Å². The van der Waals surface area contributed by atoms with Crippen LogP contribution in [0, 0.1) is 6.92 Å². The lowest BCUT2D eigenvalue weighted by molar-refractivity contribution is 0.731. The summed E-state index contributed by atoms with van der Waals surface area (Å²) in [4.78, 5) is 7.38. The number of nitrogens with one attached hydrogen (secondary N) is 1. The molecule has 0 bridgehead atoms. The van der Waals surface area contributed by atoms with Crippen molar-refractivity contribution in [2.45, 2.75) is 26.8 Å². The number of aromatic nitrogens is 1. The van der Waals surface area contributed by atoms with Gasteiger partial charge in [-0.2, -0.15) is 0 Å². The lowest BCUT2D eigenvalue weighted by atomic mass is 10.3. The molecule has 0 radical (unpaired) electrons. The van der Waals surface area contributed by atoms with E-state index < -0.39 is 0 Å². The Hall–Kier alpha value is -0.710. The summed E-state index contributed by atoms with van der Waals surface area (Å²) in [5.41, 5.74) is 1.18. The standard InChI is InChI=1S/C12H16N2S2/c1-3-13-8-11-9(2)14-12(16-11)7-10-5-4-6-15-10/h4-6,13H,3,7-8H2,1-2H3. The second kappa shape index (κ2) is 5.57. The Labute approximate surface area is 104 Å². The van der Waals surface area contributed by atoms with Gasteiger partial charge in [0.25, 0.3) is 0 Å². The topological polar surface area (TPSA) is 24.9 Å². The third kappa shape index (κ3) is 2.90. The molecule has 2 rings (SSSR count). The van der Waals surface area contributed by atoms with Crippen LogP contribution in [0.25, 0.3) is 0 Å². The summed E-state index contributed by atoms with van der Waals surface area (Å²) in [6.07, 6.45) is 0.981. The molecule has 0 atom stereocenters. The van der Waals surface area contributed by atoms with Crippen LogP contribution in [0.5, 0.6) is 0 Å². The molecule has 0 saturated heterocycles. The van der Waals surface area contributed by atoms with E-state index in [1.807, 2.05) is 11.3 Å². The minimum Gasteiger partial charge on any atom is -0.312 e. The van der Waals surface area contributed by atoms with Gasteiger partial charge in [0, 0.05) is 22.7 Å². The van der Waals surface area contributed by atoms with Crippen LogP contribution in [0.2, 0.25) is 0 Å². The lowest BCUT2D eigenvalue weighted by Gasteiger charge is -1.97. The maximum atomic E-state index is 4.62. The van der Waals surface area contributed by atoms with E-state index in [0.29, 0.717) is 0 Å². The molecular formula is C12H16N2S2. The van der Waals surface area contributed by atoms with Gasteiger partial charge >= 0.3 is 0 Å². The first-order valence-corrected chi connectivity index (χ1v) is 7.17. The van der Waals surface area contributed by atoms with E-state index in [2.05, 4.69) is 41.7 Å². The minimum absolute atomic E-state index is 0.949. The van der Waals surface area contributed by atoms with E-state index in [1.54, 1.807) is 11.3 Å². The second-order valence-corrected chi connectivity index (χ2v) is 5.85. The van der Waals surface area contributed by atoms with Crippen molar-refractivity contribution in [2.75, 3.05) is 6.54 Å². The first-order valence-electron chi connectivity index (χ1n) is 5.48. The van der Waals surface area contributed by atoms with E-state index >= 15 is 0 Å². The van der Waals surface area contributed by atoms with Crippen LogP contribution >= 0.6 is 22.7 Å². The van der Waals surface area contributed by atoms with Crippen molar-refractivity contribution in [1.29, 1.82) is 0 Å². The number of thiophene rings is 1. The van der Waals surface area contributed by atoms with Crippen LogP contribution in [0.1, 0.15) is 27.4 Å². The largest absolute Gasteiger partial charge is 0.312 e. The third-order valence-electron chi connectivity index (χ3n) is 2.38. The molecule has 0 unspecified atom stereocenters. The van der Waals surface area contributed by atoms with Gasteiger partial charge < -0.3 is 5.32 Å². The Morgan fingerprint density at radius 2 is 2.31 bits per heavy atom. The van der Waals surface area contributed by atoms with Crippen molar-refractivity contribution in [3.8, 4) is 0 Å². The fourth-order valence-electron chi connectivity index (χ4n) is 1.53. The van der Waals surface area contributed by atoms with E-state index in [9.17, 15) is 0 Å². The number of hydrogen-bond donors (Lipinski definition) is 1. The normalized spacial score (nSPS) is 10.9. The zero-order valence-corrected chi connectivity index (χ0v) is 11.3. The number of rotatable bonds is 5. The monoisotopic (exact) mass is 252 g/mol. The molecule has 0 aliphatic carbocycles. The van der Waals surface area contributed by atoms with Crippen LogP contribution in [0.3, 0.4) is 0 Å². The summed E-state index contributed by atoms with van der Waals surface area (Å²) < 4.78 is 0. The fraction of sp³-hybridized carbons (Fsp3) is 0.417. The summed E-state index contributed by atoms with van der Waals surface area (Å²) in [7, 11) is 0. The average molecular weight is 252 g/mol. The molecular weight excluding hydrogens is 236 g/mol. The second-order valence-electron chi connectivity index (χ2n) is 3.65. The molecule has 0 fully saturated rings. The quantitative estimate of drug-likeness (QED) is 0.884. The van der Waals surface area contributed by atoms with Gasteiger partial charge in [0.1, 0.15) is 0 Å². The van der Waals surface area contributed by atoms with Crippen molar-refractivity contribution in [3.63, 3.8) is 0 Å². The predicted molar refractivity (Wildman–Crippen MR) is 71.4 cm³/mol. The first-order chi connectivity index (χ1) is 7.79. The van der Waals surface area contributed by atoms with Crippen LogP contribution < -0.4 is 5.32 Å². The van der Waals surface area contributed by atoms with Crippen molar-refractivity contribution >= 4 is 22.7 Å². The SMILES string of the molecule is CCNCc1sc(Cc2cccs2)nc1C. The van der Waals surface area contributed by atoms with Crippen LogP contribution in [0.4, 0.5) is 0 Å². The van der Waals surface area contributed by atoms with E-state index in [0.717, 1.165) is 19.5 Å². The van der Waals surface area contributed by atoms with E-state index in [1.165, 1.54) is 20.5 Å². The van der Waals surface area contributed by atoms with Gasteiger partial charge in [-0.25, -0.2) is 4.98 Å². The van der Waals surface area contributed by atoms with Gasteiger partial charge in [0.05, 0.1) is 10.7 Å². The summed E-state index contributed by atoms with van der Waals surface area (Å²) >= 11 is 3.63. The van der Waals surface area contributed by atoms with Crippen LogP contribution in [-0.2, 0) is 13.0 Å². The molecule has 2 aromatic rings. The molecule has 86 valence electrons.